The Morgan fingerprint density at radius 2 is 2.14 bits per heavy atom. The fourth-order valence-electron chi connectivity index (χ4n) is 3.61. The van der Waals surface area contributed by atoms with Gasteiger partial charge >= 0.3 is 5.97 Å². The SMILES string of the molecule is CC[C@@H]1CN(C(=O)C2CC2)CC[C@@H]1N[C@H]1C[C@H](C)OC1=O. The minimum absolute atomic E-state index is 0.0200. The molecule has 4 atom stereocenters. The van der Waals surface area contributed by atoms with Crippen LogP contribution < -0.4 is 5.32 Å². The summed E-state index contributed by atoms with van der Waals surface area (Å²) in [5, 5.41) is 3.49. The van der Waals surface area contributed by atoms with Gasteiger partial charge in [-0.05, 0) is 32.1 Å². The number of carbonyl (C=O) groups is 2. The van der Waals surface area contributed by atoms with Gasteiger partial charge in [0.25, 0.3) is 0 Å². The summed E-state index contributed by atoms with van der Waals surface area (Å²) in [7, 11) is 0. The van der Waals surface area contributed by atoms with Crippen LogP contribution >= 0.6 is 0 Å². The first-order chi connectivity index (χ1) is 10.1. The van der Waals surface area contributed by atoms with Gasteiger partial charge in [0.1, 0.15) is 12.1 Å². The van der Waals surface area contributed by atoms with Crippen LogP contribution in [0.3, 0.4) is 0 Å². The van der Waals surface area contributed by atoms with Crippen molar-refractivity contribution in [3.05, 3.63) is 0 Å². The van der Waals surface area contributed by atoms with E-state index in [4.69, 9.17) is 4.74 Å². The summed E-state index contributed by atoms with van der Waals surface area (Å²) in [6.07, 6.45) is 4.89. The molecule has 0 radical (unpaired) electrons. The number of hydrogen-bond acceptors (Lipinski definition) is 4. The van der Waals surface area contributed by atoms with Crippen LogP contribution in [0, 0.1) is 11.8 Å². The maximum atomic E-state index is 12.2. The third kappa shape index (κ3) is 3.23. The van der Waals surface area contributed by atoms with Gasteiger partial charge in [0.15, 0.2) is 0 Å². The van der Waals surface area contributed by atoms with Crippen LogP contribution in [-0.4, -0.2) is 48.1 Å². The number of nitrogens with one attached hydrogen (secondary N) is 1. The molecule has 5 heteroatoms. The lowest BCUT2D eigenvalue weighted by molar-refractivity contribution is -0.143. The molecular formula is C16H26N2O3. The molecule has 1 N–H and O–H groups in total. The lowest BCUT2D eigenvalue weighted by Gasteiger charge is -2.39. The number of amides is 1. The van der Waals surface area contributed by atoms with E-state index in [-0.39, 0.29) is 18.1 Å². The highest BCUT2D eigenvalue weighted by molar-refractivity contribution is 5.81. The minimum atomic E-state index is -0.162. The van der Waals surface area contributed by atoms with Crippen molar-refractivity contribution in [3.63, 3.8) is 0 Å². The first kappa shape index (κ1) is 14.8. The van der Waals surface area contributed by atoms with Gasteiger partial charge in [-0.15, -0.1) is 0 Å². The van der Waals surface area contributed by atoms with Crippen LogP contribution in [0.1, 0.15) is 46.0 Å². The summed E-state index contributed by atoms with van der Waals surface area (Å²) in [5.74, 6) is 0.970. The number of ether oxygens (including phenoxy) is 1. The lowest BCUT2D eigenvalue weighted by Crippen LogP contribution is -2.54. The smallest absolute Gasteiger partial charge is 0.323 e. The molecule has 21 heavy (non-hydrogen) atoms. The van der Waals surface area contributed by atoms with E-state index in [1.54, 1.807) is 0 Å². The zero-order valence-electron chi connectivity index (χ0n) is 13.0. The monoisotopic (exact) mass is 294 g/mol. The fourth-order valence-corrected chi connectivity index (χ4v) is 3.61. The third-order valence-electron chi connectivity index (χ3n) is 5.08. The van der Waals surface area contributed by atoms with Crippen LogP contribution in [-0.2, 0) is 14.3 Å². The Morgan fingerprint density at radius 1 is 1.38 bits per heavy atom. The number of likely N-dealkylation sites (tertiary alicyclic amines) is 1. The van der Waals surface area contributed by atoms with Crippen molar-refractivity contribution >= 4 is 11.9 Å². The maximum absolute atomic E-state index is 12.2. The average molecular weight is 294 g/mol. The van der Waals surface area contributed by atoms with Crippen LogP contribution in [0.2, 0.25) is 0 Å². The zero-order valence-corrected chi connectivity index (χ0v) is 13.0. The molecule has 0 spiro atoms. The molecule has 3 rings (SSSR count). The highest BCUT2D eigenvalue weighted by Crippen LogP contribution is 2.33. The standard InChI is InChI=1S/C16H26N2O3/c1-3-11-9-18(15(19)12-4-5-12)7-6-13(11)17-14-8-10(2)21-16(14)20/h10-14,17H,3-9H2,1-2H3/t10-,11+,13-,14-/m0/s1. The molecule has 0 unspecified atom stereocenters. The summed E-state index contributed by atoms with van der Waals surface area (Å²) in [4.78, 5) is 26.0. The van der Waals surface area contributed by atoms with Gasteiger partial charge in [-0.1, -0.05) is 13.3 Å². The summed E-state index contributed by atoms with van der Waals surface area (Å²) in [5.41, 5.74) is 0. The molecule has 1 amide bonds. The van der Waals surface area contributed by atoms with E-state index in [0.717, 1.165) is 45.2 Å². The number of esters is 1. The summed E-state index contributed by atoms with van der Waals surface area (Å²) >= 11 is 0. The number of piperidine rings is 1. The molecule has 5 nitrogen and oxygen atoms in total. The molecule has 0 aromatic carbocycles. The second kappa shape index (κ2) is 5.95. The third-order valence-corrected chi connectivity index (χ3v) is 5.08. The van der Waals surface area contributed by atoms with E-state index in [2.05, 4.69) is 12.2 Å². The predicted octanol–water partition coefficient (Wildman–Crippen LogP) is 1.32. The summed E-state index contributed by atoms with van der Waals surface area (Å²) < 4.78 is 5.22. The molecule has 3 fully saturated rings. The van der Waals surface area contributed by atoms with E-state index in [0.29, 0.717) is 23.8 Å². The van der Waals surface area contributed by atoms with Crippen LogP contribution in [0.25, 0.3) is 0 Å². The molecule has 1 saturated carbocycles. The summed E-state index contributed by atoms with van der Waals surface area (Å²) in [6, 6.07) is 0.158. The number of cyclic esters (lactones) is 1. The quantitative estimate of drug-likeness (QED) is 0.794. The summed E-state index contributed by atoms with van der Waals surface area (Å²) in [6.45, 7) is 5.76. The highest BCUT2D eigenvalue weighted by atomic mass is 16.6. The molecule has 3 aliphatic rings. The lowest BCUT2D eigenvalue weighted by atomic mass is 9.89. The van der Waals surface area contributed by atoms with Gasteiger partial charge in [0.05, 0.1) is 0 Å². The molecule has 0 aromatic heterocycles. The van der Waals surface area contributed by atoms with Crippen molar-refractivity contribution in [2.24, 2.45) is 11.8 Å². The Morgan fingerprint density at radius 3 is 2.71 bits per heavy atom. The predicted molar refractivity (Wildman–Crippen MR) is 78.6 cm³/mol. The molecular weight excluding hydrogens is 268 g/mol. The van der Waals surface area contributed by atoms with Gasteiger partial charge in [-0.2, -0.15) is 0 Å². The van der Waals surface area contributed by atoms with Crippen LogP contribution in [0.4, 0.5) is 0 Å². The number of hydrogen-bond donors (Lipinski definition) is 1. The first-order valence-corrected chi connectivity index (χ1v) is 8.33. The second-order valence-electron chi connectivity index (χ2n) is 6.82. The van der Waals surface area contributed by atoms with Gasteiger partial charge in [-0.25, -0.2) is 0 Å². The van der Waals surface area contributed by atoms with E-state index < -0.39 is 0 Å². The van der Waals surface area contributed by atoms with Gasteiger partial charge in [0.2, 0.25) is 5.91 Å². The van der Waals surface area contributed by atoms with E-state index >= 15 is 0 Å². The Bertz CT molecular complexity index is 422. The van der Waals surface area contributed by atoms with E-state index in [9.17, 15) is 9.59 Å². The number of carbonyl (C=O) groups excluding carboxylic acids is 2. The molecule has 1 aliphatic carbocycles. The van der Waals surface area contributed by atoms with E-state index in [1.807, 2.05) is 11.8 Å². The Balaban J connectivity index is 1.56. The Hall–Kier alpha value is -1.10. The van der Waals surface area contributed by atoms with Gasteiger partial charge < -0.3 is 15.0 Å². The highest BCUT2D eigenvalue weighted by Gasteiger charge is 2.40. The Labute approximate surface area is 126 Å². The number of nitrogens with zero attached hydrogens (tertiary/aromatic N) is 1. The largest absolute Gasteiger partial charge is 0.461 e. The van der Waals surface area contributed by atoms with Crippen molar-refractivity contribution in [2.45, 2.75) is 64.1 Å². The van der Waals surface area contributed by atoms with Crippen molar-refractivity contribution in [2.75, 3.05) is 13.1 Å². The normalized spacial score (nSPS) is 36.7. The van der Waals surface area contributed by atoms with Gasteiger partial charge in [0, 0.05) is 31.5 Å². The van der Waals surface area contributed by atoms with Crippen LogP contribution in [0.5, 0.6) is 0 Å². The van der Waals surface area contributed by atoms with Crippen molar-refractivity contribution in [3.8, 4) is 0 Å². The molecule has 2 heterocycles. The minimum Gasteiger partial charge on any atom is -0.461 e. The van der Waals surface area contributed by atoms with Crippen molar-refractivity contribution in [1.82, 2.24) is 10.2 Å². The average Bonchev–Trinajstić information content (AvgIpc) is 3.26. The van der Waals surface area contributed by atoms with Crippen LogP contribution in [0.15, 0.2) is 0 Å². The molecule has 0 aromatic rings. The topological polar surface area (TPSA) is 58.6 Å². The maximum Gasteiger partial charge on any atom is 0.323 e. The molecule has 2 aliphatic heterocycles. The Kier molecular flexibility index (Phi) is 4.20. The van der Waals surface area contributed by atoms with E-state index in [1.165, 1.54) is 0 Å². The zero-order chi connectivity index (χ0) is 15.0. The second-order valence-corrected chi connectivity index (χ2v) is 6.82. The first-order valence-electron chi connectivity index (χ1n) is 8.33. The van der Waals surface area contributed by atoms with Crippen molar-refractivity contribution in [1.29, 1.82) is 0 Å². The van der Waals surface area contributed by atoms with Gasteiger partial charge in [-0.3, -0.25) is 9.59 Å². The molecule has 118 valence electrons. The molecule has 2 saturated heterocycles. The molecule has 0 bridgehead atoms. The van der Waals surface area contributed by atoms with Crippen molar-refractivity contribution < 1.29 is 14.3 Å². The number of rotatable bonds is 4. The fraction of sp³-hybridized carbons (Fsp3) is 0.875.